The highest BCUT2D eigenvalue weighted by Crippen LogP contribution is 2.34. The second-order valence-electron chi connectivity index (χ2n) is 9.87. The van der Waals surface area contributed by atoms with Gasteiger partial charge in [0.15, 0.2) is 0 Å². The van der Waals surface area contributed by atoms with Crippen LogP contribution in [0, 0.1) is 0 Å². The van der Waals surface area contributed by atoms with E-state index in [2.05, 4.69) is 15.4 Å². The molecule has 4 aromatic rings. The van der Waals surface area contributed by atoms with Crippen LogP contribution in [0.15, 0.2) is 73.2 Å². The average molecular weight is 550 g/mol. The molecule has 2 aromatic carbocycles. The Morgan fingerprint density at radius 1 is 1.07 bits per heavy atom. The van der Waals surface area contributed by atoms with Crippen molar-refractivity contribution in [1.29, 1.82) is 0 Å². The van der Waals surface area contributed by atoms with Gasteiger partial charge in [-0.1, -0.05) is 30.3 Å². The van der Waals surface area contributed by atoms with Crippen molar-refractivity contribution in [2.24, 2.45) is 5.73 Å². The number of hydrogen-bond donors (Lipinski definition) is 2. The van der Waals surface area contributed by atoms with Gasteiger partial charge in [0.1, 0.15) is 5.69 Å². The summed E-state index contributed by atoms with van der Waals surface area (Å²) in [5, 5.41) is 7.47. The zero-order valence-electron chi connectivity index (χ0n) is 22.0. The molecule has 1 aliphatic rings. The molecule has 1 amide bonds. The van der Waals surface area contributed by atoms with Crippen LogP contribution >= 0.6 is 0 Å². The summed E-state index contributed by atoms with van der Waals surface area (Å²) < 4.78 is 47.2. The van der Waals surface area contributed by atoms with Crippen LogP contribution in [0.25, 0.3) is 22.3 Å². The number of ether oxygens (including phenoxy) is 1. The number of nitrogens with two attached hydrogens (primary N) is 1. The third-order valence-corrected chi connectivity index (χ3v) is 7.22. The Balaban J connectivity index is 1.28. The van der Waals surface area contributed by atoms with Crippen molar-refractivity contribution in [3.05, 3.63) is 95.6 Å². The van der Waals surface area contributed by atoms with Gasteiger partial charge in [0.05, 0.1) is 23.8 Å². The van der Waals surface area contributed by atoms with Gasteiger partial charge in [0.2, 0.25) is 0 Å². The third-order valence-electron chi connectivity index (χ3n) is 7.22. The Hall–Kier alpha value is -4.02. The maximum absolute atomic E-state index is 13.3. The molecule has 208 valence electrons. The Morgan fingerprint density at radius 2 is 1.82 bits per heavy atom. The minimum absolute atomic E-state index is 0.115. The first kappa shape index (κ1) is 27.5. The molecule has 1 aliphatic heterocycles. The Kier molecular flexibility index (Phi) is 7.99. The number of nitrogens with zero attached hydrogens (tertiary/aromatic N) is 3. The minimum atomic E-state index is -4.45. The maximum atomic E-state index is 13.3. The highest BCUT2D eigenvalue weighted by atomic mass is 19.4. The van der Waals surface area contributed by atoms with E-state index in [-0.39, 0.29) is 24.2 Å². The smallest absolute Gasteiger partial charge is 0.381 e. The van der Waals surface area contributed by atoms with E-state index < -0.39 is 11.7 Å². The van der Waals surface area contributed by atoms with Crippen LogP contribution in [-0.4, -0.2) is 33.9 Å². The Morgan fingerprint density at radius 3 is 2.52 bits per heavy atom. The number of benzene rings is 2. The molecule has 40 heavy (non-hydrogen) atoms. The minimum Gasteiger partial charge on any atom is -0.381 e. The van der Waals surface area contributed by atoms with Crippen LogP contribution in [0.2, 0.25) is 0 Å². The Labute approximate surface area is 230 Å². The monoisotopic (exact) mass is 549 g/mol. The highest BCUT2D eigenvalue weighted by Gasteiger charge is 2.31. The summed E-state index contributed by atoms with van der Waals surface area (Å²) in [6.45, 7) is 3.40. The second kappa shape index (κ2) is 11.6. The number of rotatable bonds is 7. The molecule has 0 unspecified atom stereocenters. The van der Waals surface area contributed by atoms with Crippen LogP contribution in [0.4, 0.5) is 13.2 Å². The molecular formula is C30H30F3N5O2. The zero-order chi connectivity index (χ0) is 28.3. The molecule has 0 spiro atoms. The van der Waals surface area contributed by atoms with Gasteiger partial charge in [-0.05, 0) is 71.8 Å². The molecule has 10 heteroatoms. The number of alkyl halides is 3. The van der Waals surface area contributed by atoms with E-state index >= 15 is 0 Å². The number of hydrogen-bond acceptors (Lipinski definition) is 5. The molecule has 0 bridgehead atoms. The summed E-state index contributed by atoms with van der Waals surface area (Å²) in [4.78, 5) is 17.3. The van der Waals surface area contributed by atoms with Crippen molar-refractivity contribution < 1.29 is 22.7 Å². The topological polar surface area (TPSA) is 95.1 Å². The van der Waals surface area contributed by atoms with Crippen LogP contribution in [0.3, 0.4) is 0 Å². The van der Waals surface area contributed by atoms with Gasteiger partial charge in [-0.2, -0.15) is 18.3 Å². The number of amides is 1. The van der Waals surface area contributed by atoms with Crippen LogP contribution in [0.5, 0.6) is 0 Å². The quantitative estimate of drug-likeness (QED) is 0.298. The first-order valence-electron chi connectivity index (χ1n) is 13.1. The van der Waals surface area contributed by atoms with E-state index in [1.54, 1.807) is 42.7 Å². The highest BCUT2D eigenvalue weighted by molar-refractivity contribution is 5.93. The summed E-state index contributed by atoms with van der Waals surface area (Å²) in [7, 11) is 0. The lowest BCUT2D eigenvalue weighted by Gasteiger charge is -2.22. The standard InChI is InChI=1S/C30H30F3N5O2/c1-19(20-2-4-21(5-3-20)27-15-25(30(31,32)33)7-6-23(27)16-34)37-29(39)28-14-22(8-11-35-28)24-17-36-38(18-24)26-9-12-40-13-10-26/h2-8,11,14-15,17-19,26H,9-10,12-13,16,34H2,1H3,(H,37,39)/t19-/m1/s1. The first-order chi connectivity index (χ1) is 19.2. The predicted molar refractivity (Wildman–Crippen MR) is 145 cm³/mol. The maximum Gasteiger partial charge on any atom is 0.416 e. The largest absolute Gasteiger partial charge is 0.416 e. The number of carbonyl (C=O) groups is 1. The lowest BCUT2D eigenvalue weighted by molar-refractivity contribution is -0.137. The average Bonchev–Trinajstić information content (AvgIpc) is 3.47. The summed E-state index contributed by atoms with van der Waals surface area (Å²) in [6, 6.07) is 14.1. The van der Waals surface area contributed by atoms with E-state index in [4.69, 9.17) is 10.5 Å². The van der Waals surface area contributed by atoms with Gasteiger partial charge >= 0.3 is 6.18 Å². The van der Waals surface area contributed by atoms with Gasteiger partial charge in [0.25, 0.3) is 5.91 Å². The molecule has 3 N–H and O–H groups in total. The first-order valence-corrected chi connectivity index (χ1v) is 13.1. The van der Waals surface area contributed by atoms with Crippen molar-refractivity contribution in [3.8, 4) is 22.3 Å². The second-order valence-corrected chi connectivity index (χ2v) is 9.87. The van der Waals surface area contributed by atoms with Gasteiger partial charge in [-0.25, -0.2) is 0 Å². The number of carbonyl (C=O) groups excluding carboxylic acids is 1. The predicted octanol–water partition coefficient (Wildman–Crippen LogP) is 5.93. The molecule has 0 saturated carbocycles. The fraction of sp³-hybridized carbons (Fsp3) is 0.300. The van der Waals surface area contributed by atoms with Gasteiger partial charge in [0, 0.05) is 37.7 Å². The van der Waals surface area contributed by atoms with Gasteiger partial charge in [-0.15, -0.1) is 0 Å². The number of pyridine rings is 1. The summed E-state index contributed by atoms with van der Waals surface area (Å²) in [5.74, 6) is -0.335. The Bertz CT molecular complexity index is 1480. The van der Waals surface area contributed by atoms with Crippen molar-refractivity contribution in [2.75, 3.05) is 13.2 Å². The van der Waals surface area contributed by atoms with Gasteiger partial charge < -0.3 is 15.8 Å². The van der Waals surface area contributed by atoms with E-state index in [0.717, 1.165) is 54.9 Å². The molecule has 7 nitrogen and oxygen atoms in total. The lowest BCUT2D eigenvalue weighted by Crippen LogP contribution is -2.27. The fourth-order valence-corrected chi connectivity index (χ4v) is 4.88. The van der Waals surface area contributed by atoms with Crippen molar-refractivity contribution in [2.45, 2.75) is 44.6 Å². The molecule has 0 radical (unpaired) electrons. The van der Waals surface area contributed by atoms with Crippen molar-refractivity contribution in [1.82, 2.24) is 20.1 Å². The van der Waals surface area contributed by atoms with E-state index in [1.807, 2.05) is 23.9 Å². The number of nitrogens with one attached hydrogen (secondary N) is 1. The zero-order valence-corrected chi connectivity index (χ0v) is 22.0. The molecule has 0 aliphatic carbocycles. The van der Waals surface area contributed by atoms with Crippen molar-refractivity contribution >= 4 is 5.91 Å². The fourth-order valence-electron chi connectivity index (χ4n) is 4.88. The summed E-state index contributed by atoms with van der Waals surface area (Å²) >= 11 is 0. The molecule has 1 saturated heterocycles. The summed E-state index contributed by atoms with van der Waals surface area (Å²) in [5.41, 5.74) is 9.53. The molecule has 1 atom stereocenters. The number of aromatic nitrogens is 3. The SMILES string of the molecule is C[C@@H](NC(=O)c1cc(-c2cnn(C3CCOCC3)c2)ccn1)c1ccc(-c2cc(C(F)(F)F)ccc2CN)cc1. The van der Waals surface area contributed by atoms with Crippen LogP contribution < -0.4 is 11.1 Å². The molecule has 1 fully saturated rings. The van der Waals surface area contributed by atoms with Crippen LogP contribution in [0.1, 0.15) is 59.0 Å². The van der Waals surface area contributed by atoms with E-state index in [0.29, 0.717) is 22.7 Å². The van der Waals surface area contributed by atoms with E-state index in [1.165, 1.54) is 6.07 Å². The molecule has 2 aromatic heterocycles. The molecule has 3 heterocycles. The normalized spacial score (nSPS) is 15.1. The van der Waals surface area contributed by atoms with Crippen LogP contribution in [-0.2, 0) is 17.5 Å². The molecular weight excluding hydrogens is 519 g/mol. The summed E-state index contributed by atoms with van der Waals surface area (Å²) in [6.07, 6.45) is 2.75. The third kappa shape index (κ3) is 6.08. The number of halogens is 3. The van der Waals surface area contributed by atoms with Gasteiger partial charge in [-0.3, -0.25) is 14.5 Å². The van der Waals surface area contributed by atoms with Crippen molar-refractivity contribution in [3.63, 3.8) is 0 Å². The molecule has 5 rings (SSSR count). The van der Waals surface area contributed by atoms with E-state index in [9.17, 15) is 18.0 Å². The lowest BCUT2D eigenvalue weighted by atomic mass is 9.95.